The average molecular weight is 265 g/mol. The molecule has 0 saturated carbocycles. The van der Waals surface area contributed by atoms with Crippen molar-refractivity contribution in [2.75, 3.05) is 5.73 Å². The lowest BCUT2D eigenvalue weighted by Crippen LogP contribution is -2.00. The first-order valence-corrected chi connectivity index (χ1v) is 7.20. The van der Waals surface area contributed by atoms with E-state index in [1.54, 1.807) is 23.1 Å². The van der Waals surface area contributed by atoms with E-state index in [0.717, 1.165) is 38.3 Å². The number of rotatable bonds is 3. The molecule has 2 N–H and O–H groups in total. The van der Waals surface area contributed by atoms with Gasteiger partial charge >= 0.3 is 0 Å². The predicted octanol–water partition coefficient (Wildman–Crippen LogP) is 3.34. The first-order valence-electron chi connectivity index (χ1n) is 5.33. The molecule has 0 fully saturated rings. The Kier molecular flexibility index (Phi) is 3.69. The maximum atomic E-state index is 5.99. The minimum Gasteiger partial charge on any atom is -0.398 e. The Morgan fingerprint density at radius 1 is 1.35 bits per heavy atom. The van der Waals surface area contributed by atoms with E-state index in [-0.39, 0.29) is 0 Å². The molecule has 0 aliphatic heterocycles. The second-order valence-corrected chi connectivity index (χ2v) is 6.05. The molecule has 90 valence electrons. The van der Waals surface area contributed by atoms with Crippen LogP contribution >= 0.6 is 23.1 Å². The number of nitrogens with zero attached hydrogens (tertiary/aromatic N) is 2. The van der Waals surface area contributed by atoms with Crippen LogP contribution < -0.4 is 5.73 Å². The Morgan fingerprint density at radius 3 is 2.76 bits per heavy atom. The minimum absolute atomic E-state index is 0.823. The van der Waals surface area contributed by atoms with Crippen molar-refractivity contribution in [2.24, 2.45) is 0 Å². The van der Waals surface area contributed by atoms with Crippen molar-refractivity contribution in [1.82, 2.24) is 9.97 Å². The third-order valence-electron chi connectivity index (χ3n) is 2.61. The second kappa shape index (κ2) is 5.06. The average Bonchev–Trinajstić information content (AvgIpc) is 2.71. The predicted molar refractivity (Wildman–Crippen MR) is 74.5 cm³/mol. The van der Waals surface area contributed by atoms with Gasteiger partial charge in [0.1, 0.15) is 4.34 Å². The van der Waals surface area contributed by atoms with Gasteiger partial charge in [0.2, 0.25) is 0 Å². The molecule has 2 aromatic heterocycles. The fourth-order valence-corrected chi connectivity index (χ4v) is 3.34. The molecule has 0 aromatic carbocycles. The lowest BCUT2D eigenvalue weighted by Gasteiger charge is -2.08. The molecule has 0 radical (unpaired) electrons. The minimum atomic E-state index is 0.823. The molecule has 3 nitrogen and oxygen atoms in total. The summed E-state index contributed by atoms with van der Waals surface area (Å²) < 4.78 is 1.09. The summed E-state index contributed by atoms with van der Waals surface area (Å²) in [5.74, 6) is 0.823. The van der Waals surface area contributed by atoms with Gasteiger partial charge in [-0.2, -0.15) is 0 Å². The number of thioether (sulfide) groups is 1. The van der Waals surface area contributed by atoms with Crippen molar-refractivity contribution in [1.29, 1.82) is 0 Å². The summed E-state index contributed by atoms with van der Waals surface area (Å²) in [6.07, 6.45) is 1.84. The van der Waals surface area contributed by atoms with Gasteiger partial charge in [0.15, 0.2) is 0 Å². The van der Waals surface area contributed by atoms with Crippen LogP contribution in [0.5, 0.6) is 0 Å². The molecule has 2 aromatic rings. The Bertz CT molecular complexity index is 535. The van der Waals surface area contributed by atoms with E-state index in [1.807, 2.05) is 27.0 Å². The SMILES string of the molecule is Cc1csc(SCc2ncc(C)c(N)c2C)n1. The van der Waals surface area contributed by atoms with Gasteiger partial charge in [-0.15, -0.1) is 11.3 Å². The van der Waals surface area contributed by atoms with Crippen LogP contribution in [0.25, 0.3) is 0 Å². The summed E-state index contributed by atoms with van der Waals surface area (Å²) in [5.41, 5.74) is 11.1. The summed E-state index contributed by atoms with van der Waals surface area (Å²) in [4.78, 5) is 8.85. The lowest BCUT2D eigenvalue weighted by molar-refractivity contribution is 1.10. The Morgan fingerprint density at radius 2 is 2.12 bits per heavy atom. The van der Waals surface area contributed by atoms with Crippen LogP contribution in [-0.2, 0) is 5.75 Å². The van der Waals surface area contributed by atoms with Gasteiger partial charge in [-0.3, -0.25) is 4.98 Å². The molecule has 2 rings (SSSR count). The maximum Gasteiger partial charge on any atom is 0.150 e. The number of aryl methyl sites for hydroxylation is 2. The summed E-state index contributed by atoms with van der Waals surface area (Å²) in [6.45, 7) is 6.02. The monoisotopic (exact) mass is 265 g/mol. The highest BCUT2D eigenvalue weighted by Crippen LogP contribution is 2.28. The summed E-state index contributed by atoms with van der Waals surface area (Å²) in [5, 5.41) is 2.06. The fraction of sp³-hybridized carbons (Fsp3) is 0.333. The molecule has 17 heavy (non-hydrogen) atoms. The van der Waals surface area contributed by atoms with Crippen LogP contribution in [0.4, 0.5) is 5.69 Å². The molecular weight excluding hydrogens is 250 g/mol. The van der Waals surface area contributed by atoms with Gasteiger partial charge in [0.25, 0.3) is 0 Å². The normalized spacial score (nSPS) is 10.8. The topological polar surface area (TPSA) is 51.8 Å². The van der Waals surface area contributed by atoms with E-state index in [4.69, 9.17) is 5.73 Å². The van der Waals surface area contributed by atoms with Crippen LogP contribution in [0, 0.1) is 20.8 Å². The molecule has 5 heteroatoms. The van der Waals surface area contributed by atoms with Crippen molar-refractivity contribution in [3.63, 3.8) is 0 Å². The van der Waals surface area contributed by atoms with Gasteiger partial charge < -0.3 is 5.73 Å². The maximum absolute atomic E-state index is 5.99. The first kappa shape index (κ1) is 12.4. The third kappa shape index (κ3) is 2.79. The number of hydrogen-bond donors (Lipinski definition) is 1. The van der Waals surface area contributed by atoms with Crippen molar-refractivity contribution in [3.05, 3.63) is 34.1 Å². The number of anilines is 1. The van der Waals surface area contributed by atoms with E-state index < -0.39 is 0 Å². The summed E-state index contributed by atoms with van der Waals surface area (Å²) in [6, 6.07) is 0. The fourth-order valence-electron chi connectivity index (χ4n) is 1.47. The number of hydrogen-bond acceptors (Lipinski definition) is 5. The van der Waals surface area contributed by atoms with Crippen LogP contribution in [-0.4, -0.2) is 9.97 Å². The van der Waals surface area contributed by atoms with Gasteiger partial charge in [-0.25, -0.2) is 4.98 Å². The Labute approximate surface area is 109 Å². The van der Waals surface area contributed by atoms with Crippen molar-refractivity contribution < 1.29 is 0 Å². The number of aromatic nitrogens is 2. The smallest absolute Gasteiger partial charge is 0.150 e. The van der Waals surface area contributed by atoms with E-state index >= 15 is 0 Å². The van der Waals surface area contributed by atoms with E-state index in [1.165, 1.54) is 0 Å². The highest BCUT2D eigenvalue weighted by Gasteiger charge is 2.07. The first-order chi connectivity index (χ1) is 8.08. The molecule has 2 heterocycles. The molecule has 0 aliphatic rings. The zero-order valence-electron chi connectivity index (χ0n) is 10.2. The second-order valence-electron chi connectivity index (χ2n) is 3.97. The Hall–Kier alpha value is -1.07. The molecule has 0 spiro atoms. The van der Waals surface area contributed by atoms with E-state index in [0.29, 0.717) is 0 Å². The molecule has 0 unspecified atom stereocenters. The molecule has 0 atom stereocenters. The summed E-state index contributed by atoms with van der Waals surface area (Å²) >= 11 is 3.39. The number of nitrogen functional groups attached to an aromatic ring is 1. The van der Waals surface area contributed by atoms with Crippen molar-refractivity contribution in [2.45, 2.75) is 30.9 Å². The quantitative estimate of drug-likeness (QED) is 0.865. The molecule has 0 bridgehead atoms. The zero-order valence-corrected chi connectivity index (χ0v) is 11.8. The zero-order chi connectivity index (χ0) is 12.4. The van der Waals surface area contributed by atoms with Crippen LogP contribution in [0.2, 0.25) is 0 Å². The highest BCUT2D eigenvalue weighted by molar-refractivity contribution is 8.00. The molecule has 0 aliphatic carbocycles. The lowest BCUT2D eigenvalue weighted by atomic mass is 10.1. The van der Waals surface area contributed by atoms with Crippen LogP contribution in [0.1, 0.15) is 22.5 Å². The summed E-state index contributed by atoms with van der Waals surface area (Å²) in [7, 11) is 0. The molecular formula is C12H15N3S2. The van der Waals surface area contributed by atoms with Gasteiger partial charge in [-0.05, 0) is 31.9 Å². The highest BCUT2D eigenvalue weighted by atomic mass is 32.2. The number of nitrogens with two attached hydrogens (primary N) is 1. The molecule has 0 saturated heterocycles. The third-order valence-corrected chi connectivity index (χ3v) is 4.76. The van der Waals surface area contributed by atoms with E-state index in [2.05, 4.69) is 15.3 Å². The Balaban J connectivity index is 2.12. The van der Waals surface area contributed by atoms with Gasteiger partial charge in [-0.1, -0.05) is 11.8 Å². The largest absolute Gasteiger partial charge is 0.398 e. The molecule has 0 amide bonds. The van der Waals surface area contributed by atoms with Gasteiger partial charge in [0.05, 0.1) is 5.69 Å². The number of thiazole rings is 1. The van der Waals surface area contributed by atoms with Crippen LogP contribution in [0.15, 0.2) is 15.9 Å². The van der Waals surface area contributed by atoms with E-state index in [9.17, 15) is 0 Å². The van der Waals surface area contributed by atoms with Gasteiger partial charge in [0, 0.05) is 28.7 Å². The van der Waals surface area contributed by atoms with Crippen molar-refractivity contribution in [3.8, 4) is 0 Å². The number of pyridine rings is 1. The standard InChI is InChI=1S/C12H15N3S2/c1-7-4-14-10(9(3)11(7)13)6-17-12-15-8(2)5-16-12/h4-5H,6H2,1-3H3,(H2,13,14). The van der Waals surface area contributed by atoms with Crippen molar-refractivity contribution >= 4 is 28.8 Å². The van der Waals surface area contributed by atoms with Crippen LogP contribution in [0.3, 0.4) is 0 Å².